The van der Waals surface area contributed by atoms with E-state index < -0.39 is 6.10 Å². The third-order valence-corrected chi connectivity index (χ3v) is 5.78. The summed E-state index contributed by atoms with van der Waals surface area (Å²) < 4.78 is 18.9. The van der Waals surface area contributed by atoms with Crippen molar-refractivity contribution < 1.29 is 19.3 Å². The van der Waals surface area contributed by atoms with Crippen LogP contribution in [-0.4, -0.2) is 36.1 Å². The molecule has 1 aliphatic heterocycles. The zero-order chi connectivity index (χ0) is 21.9. The maximum atomic E-state index is 10.7. The molecule has 2 aromatic rings. The van der Waals surface area contributed by atoms with Crippen LogP contribution >= 0.6 is 0 Å². The van der Waals surface area contributed by atoms with E-state index in [1.165, 1.54) is 0 Å². The molecule has 5 atom stereocenters. The second-order valence-electron chi connectivity index (χ2n) is 8.50. The summed E-state index contributed by atoms with van der Waals surface area (Å²) in [4.78, 5) is 0. The highest BCUT2D eigenvalue weighted by Crippen LogP contribution is 2.28. The number of hydrogen-bond acceptors (Lipinski definition) is 4. The predicted octanol–water partition coefficient (Wildman–Crippen LogP) is 5.30. The third kappa shape index (κ3) is 7.89. The van der Waals surface area contributed by atoms with E-state index in [4.69, 9.17) is 14.2 Å². The largest absolute Gasteiger partial charge is 0.390 e. The standard InChI is InChI=1S/C27H36O4/c1-3-4-15-25-24(28)16-21(2)17-26(30-19-23-13-9-6-10-14-23)27(31-25)20-29-18-22-11-7-5-8-12-22/h3-14,21,24-28H,15-20H2,1-2H3/b4-3-/t21-,24+,25-,26-,27+/m1/s1. The molecule has 1 N–H and O–H groups in total. The van der Waals surface area contributed by atoms with Gasteiger partial charge in [-0.3, -0.25) is 0 Å². The first kappa shape index (κ1) is 23.7. The van der Waals surface area contributed by atoms with Gasteiger partial charge < -0.3 is 19.3 Å². The number of aliphatic hydroxyl groups excluding tert-OH is 1. The molecule has 0 amide bonds. The van der Waals surface area contributed by atoms with Crippen molar-refractivity contribution in [3.05, 3.63) is 83.9 Å². The van der Waals surface area contributed by atoms with Gasteiger partial charge in [-0.05, 0) is 43.2 Å². The normalized spacial score (nSPS) is 27.1. The molecule has 0 saturated carbocycles. The molecule has 0 bridgehead atoms. The highest BCUT2D eigenvalue weighted by molar-refractivity contribution is 5.14. The lowest BCUT2D eigenvalue weighted by Crippen LogP contribution is -2.45. The van der Waals surface area contributed by atoms with Crippen molar-refractivity contribution in [1.82, 2.24) is 0 Å². The van der Waals surface area contributed by atoms with Gasteiger partial charge in [-0.2, -0.15) is 0 Å². The second kappa shape index (κ2) is 12.8. The highest BCUT2D eigenvalue weighted by Gasteiger charge is 2.34. The maximum absolute atomic E-state index is 10.7. The Balaban J connectivity index is 1.70. The number of rotatable bonds is 9. The van der Waals surface area contributed by atoms with Crippen molar-refractivity contribution in [2.45, 2.75) is 70.7 Å². The number of ether oxygens (including phenoxy) is 3. The van der Waals surface area contributed by atoms with Gasteiger partial charge >= 0.3 is 0 Å². The van der Waals surface area contributed by atoms with Gasteiger partial charge in [0, 0.05) is 0 Å². The molecule has 1 saturated heterocycles. The Morgan fingerprint density at radius 2 is 1.58 bits per heavy atom. The van der Waals surface area contributed by atoms with E-state index in [-0.39, 0.29) is 18.3 Å². The van der Waals surface area contributed by atoms with Gasteiger partial charge in [0.25, 0.3) is 0 Å². The fourth-order valence-electron chi connectivity index (χ4n) is 4.06. The van der Waals surface area contributed by atoms with Crippen molar-refractivity contribution in [3.8, 4) is 0 Å². The lowest BCUT2D eigenvalue weighted by atomic mass is 9.90. The van der Waals surface area contributed by atoms with Gasteiger partial charge in [-0.15, -0.1) is 0 Å². The summed E-state index contributed by atoms with van der Waals surface area (Å²) in [6.45, 7) is 5.68. The molecule has 0 unspecified atom stereocenters. The predicted molar refractivity (Wildman–Crippen MR) is 124 cm³/mol. The van der Waals surface area contributed by atoms with Crippen molar-refractivity contribution >= 4 is 0 Å². The van der Waals surface area contributed by atoms with E-state index in [2.05, 4.69) is 37.3 Å². The zero-order valence-corrected chi connectivity index (χ0v) is 18.7. The van der Waals surface area contributed by atoms with Crippen LogP contribution in [0.3, 0.4) is 0 Å². The van der Waals surface area contributed by atoms with Gasteiger partial charge in [0.15, 0.2) is 0 Å². The van der Waals surface area contributed by atoms with E-state index in [0.717, 1.165) is 17.5 Å². The quantitative estimate of drug-likeness (QED) is 0.555. The first-order valence-corrected chi connectivity index (χ1v) is 11.4. The fraction of sp³-hybridized carbons (Fsp3) is 0.481. The summed E-state index contributed by atoms with van der Waals surface area (Å²) >= 11 is 0. The molecule has 3 rings (SSSR count). The van der Waals surface area contributed by atoms with E-state index >= 15 is 0 Å². The van der Waals surface area contributed by atoms with Crippen LogP contribution in [-0.2, 0) is 27.4 Å². The lowest BCUT2D eigenvalue weighted by molar-refractivity contribution is -0.173. The molecule has 1 heterocycles. The highest BCUT2D eigenvalue weighted by atomic mass is 16.6. The molecule has 4 nitrogen and oxygen atoms in total. The molecule has 1 aliphatic rings. The van der Waals surface area contributed by atoms with Crippen LogP contribution in [0, 0.1) is 5.92 Å². The summed E-state index contributed by atoms with van der Waals surface area (Å²) in [5.74, 6) is 0.337. The molecule has 0 radical (unpaired) electrons. The second-order valence-corrected chi connectivity index (χ2v) is 8.50. The van der Waals surface area contributed by atoms with E-state index in [1.54, 1.807) is 0 Å². The minimum Gasteiger partial charge on any atom is -0.390 e. The molecule has 31 heavy (non-hydrogen) atoms. The number of benzene rings is 2. The summed E-state index contributed by atoms with van der Waals surface area (Å²) in [5, 5.41) is 10.7. The Bertz CT molecular complexity index is 761. The van der Waals surface area contributed by atoms with Gasteiger partial charge in [0.2, 0.25) is 0 Å². The van der Waals surface area contributed by atoms with Gasteiger partial charge in [0.05, 0.1) is 38.1 Å². The van der Waals surface area contributed by atoms with E-state index in [9.17, 15) is 5.11 Å². The Hall–Kier alpha value is -1.98. The lowest BCUT2D eigenvalue weighted by Gasteiger charge is -2.37. The monoisotopic (exact) mass is 424 g/mol. The molecule has 0 spiro atoms. The van der Waals surface area contributed by atoms with Crippen LogP contribution in [0.4, 0.5) is 0 Å². The number of hydrogen-bond donors (Lipinski definition) is 1. The van der Waals surface area contributed by atoms with E-state index in [1.807, 2.05) is 49.4 Å². The molecule has 1 fully saturated rings. The van der Waals surface area contributed by atoms with E-state index in [0.29, 0.717) is 38.6 Å². The van der Waals surface area contributed by atoms with Crippen molar-refractivity contribution in [1.29, 1.82) is 0 Å². The summed E-state index contributed by atoms with van der Waals surface area (Å²) in [5.41, 5.74) is 2.28. The average Bonchev–Trinajstić information content (AvgIpc) is 2.79. The third-order valence-electron chi connectivity index (χ3n) is 5.78. The molecule has 4 heteroatoms. The SMILES string of the molecule is C/C=C\C[C@H]1O[C@@H](COCc2ccccc2)[C@H](OCc2ccccc2)C[C@H](C)C[C@@H]1O. The van der Waals surface area contributed by atoms with Gasteiger partial charge in [-0.1, -0.05) is 79.7 Å². The van der Waals surface area contributed by atoms with Crippen LogP contribution in [0.2, 0.25) is 0 Å². The summed E-state index contributed by atoms with van der Waals surface area (Å²) in [7, 11) is 0. The first-order chi connectivity index (χ1) is 15.2. The molecular formula is C27H36O4. The summed E-state index contributed by atoms with van der Waals surface area (Å²) in [6.07, 6.45) is 5.22. The van der Waals surface area contributed by atoms with Crippen LogP contribution in [0.15, 0.2) is 72.8 Å². The first-order valence-electron chi connectivity index (χ1n) is 11.4. The Morgan fingerprint density at radius 3 is 2.23 bits per heavy atom. The fourth-order valence-corrected chi connectivity index (χ4v) is 4.06. The molecule has 168 valence electrons. The molecule has 0 aliphatic carbocycles. The zero-order valence-electron chi connectivity index (χ0n) is 18.7. The van der Waals surface area contributed by atoms with Crippen molar-refractivity contribution in [2.75, 3.05) is 6.61 Å². The van der Waals surface area contributed by atoms with Gasteiger partial charge in [0.1, 0.15) is 6.10 Å². The van der Waals surface area contributed by atoms with Crippen LogP contribution in [0.1, 0.15) is 44.2 Å². The summed E-state index contributed by atoms with van der Waals surface area (Å²) in [6, 6.07) is 20.4. The Kier molecular flexibility index (Phi) is 9.76. The average molecular weight is 425 g/mol. The van der Waals surface area contributed by atoms with Crippen LogP contribution < -0.4 is 0 Å². The molecular weight excluding hydrogens is 388 g/mol. The smallest absolute Gasteiger partial charge is 0.107 e. The molecule has 0 aromatic heterocycles. The minimum absolute atomic E-state index is 0.0911. The van der Waals surface area contributed by atoms with Crippen LogP contribution in [0.25, 0.3) is 0 Å². The Morgan fingerprint density at radius 1 is 0.935 bits per heavy atom. The van der Waals surface area contributed by atoms with Gasteiger partial charge in [-0.25, -0.2) is 0 Å². The minimum atomic E-state index is -0.488. The maximum Gasteiger partial charge on any atom is 0.107 e. The van der Waals surface area contributed by atoms with Crippen molar-refractivity contribution in [2.24, 2.45) is 5.92 Å². The molecule has 2 aromatic carbocycles. The Labute approximate surface area is 186 Å². The number of aliphatic hydroxyl groups is 1. The van der Waals surface area contributed by atoms with Crippen molar-refractivity contribution in [3.63, 3.8) is 0 Å². The topological polar surface area (TPSA) is 47.9 Å². The van der Waals surface area contributed by atoms with Crippen LogP contribution in [0.5, 0.6) is 0 Å². The number of allylic oxidation sites excluding steroid dienone is 1.